The molecule has 35 heavy (non-hydrogen) atoms. The lowest BCUT2D eigenvalue weighted by Gasteiger charge is -2.27. The Hall–Kier alpha value is -1.32. The second kappa shape index (κ2) is 19.8. The first-order chi connectivity index (χ1) is 16.8. The van der Waals surface area contributed by atoms with Crippen LogP contribution in [0.15, 0.2) is 11.6 Å². The van der Waals surface area contributed by atoms with Crippen molar-refractivity contribution in [1.82, 2.24) is 0 Å². The Kier molecular flexibility index (Phi) is 18.0. The zero-order valence-corrected chi connectivity index (χ0v) is 23.7. The highest BCUT2D eigenvalue weighted by atomic mass is 16.5. The zero-order chi connectivity index (χ0) is 25.9. The lowest BCUT2D eigenvalue weighted by atomic mass is 9.80. The molecule has 0 heterocycles. The Balaban J connectivity index is 2.22. The third kappa shape index (κ3) is 16.1. The van der Waals surface area contributed by atoms with Crippen LogP contribution in [0.25, 0.3) is 0 Å². The summed E-state index contributed by atoms with van der Waals surface area (Å²) in [5.41, 5.74) is 1.16. The van der Waals surface area contributed by atoms with Crippen LogP contribution in [0.3, 0.4) is 0 Å². The standard InChI is InChI=1S/C31H56O4/c1-25(2)18-14-10-6-8-12-16-22-34-30(32)28-21-20-27(5)24-29(28)31(33)35-23-17-13-9-7-11-15-19-26(3)4/h20,25-26,28-29H,6-19,21-24H2,1-5H3. The van der Waals surface area contributed by atoms with Gasteiger partial charge in [-0.3, -0.25) is 9.59 Å². The topological polar surface area (TPSA) is 52.6 Å². The van der Waals surface area contributed by atoms with Gasteiger partial charge in [-0.05, 0) is 44.4 Å². The van der Waals surface area contributed by atoms with Gasteiger partial charge < -0.3 is 9.47 Å². The van der Waals surface area contributed by atoms with Crippen LogP contribution in [-0.2, 0) is 19.1 Å². The van der Waals surface area contributed by atoms with Crippen molar-refractivity contribution >= 4 is 11.9 Å². The Labute approximate surface area is 217 Å². The van der Waals surface area contributed by atoms with Crippen LogP contribution in [0.2, 0.25) is 0 Å². The normalized spacial score (nSPS) is 18.1. The highest BCUT2D eigenvalue weighted by molar-refractivity contribution is 5.83. The van der Waals surface area contributed by atoms with E-state index < -0.39 is 11.8 Å². The predicted molar refractivity (Wildman–Crippen MR) is 146 cm³/mol. The highest BCUT2D eigenvalue weighted by Crippen LogP contribution is 2.32. The molecule has 204 valence electrons. The molecule has 0 aromatic heterocycles. The molecule has 0 aromatic rings. The number of allylic oxidation sites excluding steroid dienone is 2. The maximum Gasteiger partial charge on any atom is 0.310 e. The third-order valence-electron chi connectivity index (χ3n) is 7.19. The minimum atomic E-state index is -0.400. The number of ether oxygens (including phenoxy) is 2. The van der Waals surface area contributed by atoms with Crippen molar-refractivity contribution < 1.29 is 19.1 Å². The van der Waals surface area contributed by atoms with Crippen molar-refractivity contribution in [2.24, 2.45) is 23.7 Å². The van der Waals surface area contributed by atoms with Crippen molar-refractivity contribution in [2.45, 2.75) is 137 Å². The molecule has 0 amide bonds. The van der Waals surface area contributed by atoms with Crippen LogP contribution in [0, 0.1) is 23.7 Å². The Morgan fingerprint density at radius 2 is 1.09 bits per heavy atom. The van der Waals surface area contributed by atoms with Gasteiger partial charge in [-0.25, -0.2) is 0 Å². The first kappa shape index (κ1) is 31.7. The smallest absolute Gasteiger partial charge is 0.310 e. The average Bonchev–Trinajstić information content (AvgIpc) is 2.81. The fourth-order valence-electron chi connectivity index (χ4n) is 4.86. The van der Waals surface area contributed by atoms with Crippen molar-refractivity contribution in [3.05, 3.63) is 11.6 Å². The summed E-state index contributed by atoms with van der Waals surface area (Å²) in [6.45, 7) is 12.1. The first-order valence-electron chi connectivity index (χ1n) is 14.8. The van der Waals surface area contributed by atoms with Crippen molar-refractivity contribution in [3.63, 3.8) is 0 Å². The van der Waals surface area contributed by atoms with Gasteiger partial charge in [0, 0.05) is 0 Å². The SMILES string of the molecule is CC1=CCC(C(=O)OCCCCCCCCC(C)C)C(C(=O)OCCCCCCCCC(C)C)C1. The Morgan fingerprint density at radius 3 is 1.54 bits per heavy atom. The van der Waals surface area contributed by atoms with Gasteiger partial charge in [0.05, 0.1) is 25.0 Å². The largest absolute Gasteiger partial charge is 0.465 e. The molecule has 0 bridgehead atoms. The minimum absolute atomic E-state index is 0.224. The summed E-state index contributed by atoms with van der Waals surface area (Å²) in [6.07, 6.45) is 20.1. The van der Waals surface area contributed by atoms with Crippen LogP contribution in [-0.4, -0.2) is 25.2 Å². The number of hydrogen-bond acceptors (Lipinski definition) is 4. The fourth-order valence-corrected chi connectivity index (χ4v) is 4.86. The summed E-state index contributed by atoms with van der Waals surface area (Å²) >= 11 is 0. The van der Waals surface area contributed by atoms with Crippen LogP contribution >= 0.6 is 0 Å². The minimum Gasteiger partial charge on any atom is -0.465 e. The number of carbonyl (C=O) groups excluding carboxylic acids is 2. The van der Waals surface area contributed by atoms with Crippen molar-refractivity contribution in [2.75, 3.05) is 13.2 Å². The van der Waals surface area contributed by atoms with E-state index >= 15 is 0 Å². The average molecular weight is 493 g/mol. The molecule has 1 aliphatic rings. The quantitative estimate of drug-likeness (QED) is 0.0967. The molecule has 0 aliphatic heterocycles. The molecule has 0 radical (unpaired) electrons. The van der Waals surface area contributed by atoms with Crippen LogP contribution in [0.5, 0.6) is 0 Å². The molecule has 4 nitrogen and oxygen atoms in total. The summed E-state index contributed by atoms with van der Waals surface area (Å²) in [7, 11) is 0. The highest BCUT2D eigenvalue weighted by Gasteiger charge is 2.37. The summed E-state index contributed by atoms with van der Waals surface area (Å²) in [6, 6.07) is 0. The lowest BCUT2D eigenvalue weighted by Crippen LogP contribution is -2.34. The lowest BCUT2D eigenvalue weighted by molar-refractivity contribution is -0.161. The molecule has 1 rings (SSSR count). The van der Waals surface area contributed by atoms with E-state index in [1.165, 1.54) is 64.2 Å². The van der Waals surface area contributed by atoms with Crippen molar-refractivity contribution in [3.8, 4) is 0 Å². The Bertz CT molecular complexity index is 593. The maximum atomic E-state index is 12.8. The number of esters is 2. The molecular formula is C31H56O4. The van der Waals surface area contributed by atoms with Gasteiger partial charge in [-0.1, -0.05) is 116 Å². The molecular weight excluding hydrogens is 436 g/mol. The molecule has 1 aliphatic carbocycles. The molecule has 2 unspecified atom stereocenters. The predicted octanol–water partition coefficient (Wildman–Crippen LogP) is 8.82. The van der Waals surface area contributed by atoms with Gasteiger partial charge in [0.2, 0.25) is 0 Å². The molecule has 0 saturated heterocycles. The molecule has 0 aromatic carbocycles. The number of unbranched alkanes of at least 4 members (excludes halogenated alkanes) is 10. The monoisotopic (exact) mass is 492 g/mol. The van der Waals surface area contributed by atoms with E-state index in [1.807, 2.05) is 6.92 Å². The van der Waals surface area contributed by atoms with E-state index in [1.54, 1.807) is 0 Å². The van der Waals surface area contributed by atoms with Gasteiger partial charge >= 0.3 is 11.9 Å². The summed E-state index contributed by atoms with van der Waals surface area (Å²) in [4.78, 5) is 25.5. The number of rotatable bonds is 20. The molecule has 0 spiro atoms. The fraction of sp³-hybridized carbons (Fsp3) is 0.871. The van der Waals surface area contributed by atoms with Gasteiger partial charge in [-0.15, -0.1) is 0 Å². The summed E-state index contributed by atoms with van der Waals surface area (Å²) < 4.78 is 11.2. The van der Waals surface area contributed by atoms with Gasteiger partial charge in [0.1, 0.15) is 0 Å². The number of hydrogen-bond donors (Lipinski definition) is 0. The van der Waals surface area contributed by atoms with Gasteiger partial charge in [-0.2, -0.15) is 0 Å². The summed E-state index contributed by atoms with van der Waals surface area (Å²) in [5, 5.41) is 0. The van der Waals surface area contributed by atoms with E-state index in [4.69, 9.17) is 9.47 Å². The maximum absolute atomic E-state index is 12.8. The molecule has 0 saturated carbocycles. The molecule has 4 heteroatoms. The van der Waals surface area contributed by atoms with E-state index in [9.17, 15) is 9.59 Å². The van der Waals surface area contributed by atoms with Gasteiger partial charge in [0.15, 0.2) is 0 Å². The molecule has 0 fully saturated rings. The second-order valence-electron chi connectivity index (χ2n) is 11.6. The summed E-state index contributed by atoms with van der Waals surface area (Å²) in [5.74, 6) is 0.339. The van der Waals surface area contributed by atoms with Gasteiger partial charge in [0.25, 0.3) is 0 Å². The Morgan fingerprint density at radius 1 is 0.686 bits per heavy atom. The van der Waals surface area contributed by atoms with E-state index in [-0.39, 0.29) is 11.9 Å². The number of carbonyl (C=O) groups is 2. The third-order valence-corrected chi connectivity index (χ3v) is 7.19. The van der Waals surface area contributed by atoms with Crippen LogP contribution in [0.1, 0.15) is 137 Å². The zero-order valence-electron chi connectivity index (χ0n) is 23.7. The molecule has 0 N–H and O–H groups in total. The van der Waals surface area contributed by atoms with Crippen LogP contribution in [0.4, 0.5) is 0 Å². The van der Waals surface area contributed by atoms with E-state index in [0.29, 0.717) is 26.1 Å². The molecule has 2 atom stereocenters. The van der Waals surface area contributed by atoms with E-state index in [2.05, 4.69) is 33.8 Å². The second-order valence-corrected chi connectivity index (χ2v) is 11.6. The van der Waals surface area contributed by atoms with Crippen molar-refractivity contribution in [1.29, 1.82) is 0 Å². The van der Waals surface area contributed by atoms with E-state index in [0.717, 1.165) is 43.1 Å². The van der Waals surface area contributed by atoms with Crippen LogP contribution < -0.4 is 0 Å². The first-order valence-corrected chi connectivity index (χ1v) is 14.8.